The lowest BCUT2D eigenvalue weighted by atomic mass is 10.1. The summed E-state index contributed by atoms with van der Waals surface area (Å²) in [4.78, 5) is 10.5. The fraction of sp³-hybridized carbons (Fsp3) is 0.0455. The van der Waals surface area contributed by atoms with Gasteiger partial charge in [0.1, 0.15) is 16.4 Å². The summed E-state index contributed by atoms with van der Waals surface area (Å²) in [6, 6.07) is 21.6. The van der Waals surface area contributed by atoms with E-state index in [1.807, 2.05) is 73.8 Å². The van der Waals surface area contributed by atoms with Crippen molar-refractivity contribution in [3.63, 3.8) is 0 Å². The molecule has 0 amide bonds. The first-order chi connectivity index (χ1) is 15.2. The number of hydrogen-bond donors (Lipinski definition) is 1. The van der Waals surface area contributed by atoms with Gasteiger partial charge in [-0.2, -0.15) is 5.21 Å². The number of aromatic nitrogens is 7. The van der Waals surface area contributed by atoms with Crippen LogP contribution in [0.1, 0.15) is 0 Å². The molecule has 0 fully saturated rings. The molecule has 0 saturated carbocycles. The van der Waals surface area contributed by atoms with Crippen LogP contribution in [0.3, 0.4) is 0 Å². The third-order valence-corrected chi connectivity index (χ3v) is 6.15. The van der Waals surface area contributed by atoms with E-state index in [-0.39, 0.29) is 0 Å². The molecule has 0 atom stereocenters. The Hall–Kier alpha value is -3.49. The molecule has 5 aromatic rings. The number of tetrazole rings is 1. The van der Waals surface area contributed by atoms with Crippen molar-refractivity contribution >= 4 is 23.4 Å². The van der Waals surface area contributed by atoms with Crippen molar-refractivity contribution in [2.75, 3.05) is 0 Å². The molecule has 3 heterocycles. The lowest BCUT2D eigenvalue weighted by molar-refractivity contribution is 0.831. The molecular formula is C22H16ClN7S. The molecule has 0 aliphatic heterocycles. The SMILES string of the molecule is Cn1c(-c2ccccn2)nc(-c2ccc(-c3nn[nH]n3)cc2)c1Sc1ccc(Cl)cc1. The number of rotatable bonds is 5. The Labute approximate surface area is 187 Å². The van der Waals surface area contributed by atoms with E-state index < -0.39 is 0 Å². The Balaban J connectivity index is 1.60. The summed E-state index contributed by atoms with van der Waals surface area (Å²) in [5.74, 6) is 1.35. The molecule has 0 spiro atoms. The third kappa shape index (κ3) is 3.95. The fourth-order valence-electron chi connectivity index (χ4n) is 3.19. The molecule has 0 saturated heterocycles. The van der Waals surface area contributed by atoms with Crippen LogP contribution in [-0.4, -0.2) is 35.2 Å². The zero-order valence-electron chi connectivity index (χ0n) is 16.4. The number of aromatic amines is 1. The maximum atomic E-state index is 6.06. The molecule has 0 unspecified atom stereocenters. The van der Waals surface area contributed by atoms with E-state index >= 15 is 0 Å². The summed E-state index contributed by atoms with van der Waals surface area (Å²) in [5.41, 5.74) is 3.56. The van der Waals surface area contributed by atoms with Gasteiger partial charge in [0.25, 0.3) is 0 Å². The monoisotopic (exact) mass is 445 g/mol. The normalized spacial score (nSPS) is 11.0. The lowest BCUT2D eigenvalue weighted by Gasteiger charge is -2.08. The number of nitrogens with zero attached hydrogens (tertiary/aromatic N) is 6. The van der Waals surface area contributed by atoms with E-state index in [2.05, 4.69) is 30.2 Å². The van der Waals surface area contributed by atoms with E-state index in [4.69, 9.17) is 16.6 Å². The molecule has 152 valence electrons. The Morgan fingerprint density at radius 1 is 0.935 bits per heavy atom. The number of pyridine rings is 1. The Kier molecular flexibility index (Phi) is 5.23. The Bertz CT molecular complexity index is 1300. The van der Waals surface area contributed by atoms with Crippen molar-refractivity contribution in [2.45, 2.75) is 9.92 Å². The molecule has 5 rings (SSSR count). The minimum Gasteiger partial charge on any atom is -0.320 e. The predicted molar refractivity (Wildman–Crippen MR) is 121 cm³/mol. The van der Waals surface area contributed by atoms with Crippen LogP contribution in [-0.2, 0) is 7.05 Å². The van der Waals surface area contributed by atoms with Gasteiger partial charge in [0, 0.05) is 34.3 Å². The summed E-state index contributed by atoms with van der Waals surface area (Å²) in [6.45, 7) is 0. The highest BCUT2D eigenvalue weighted by Gasteiger charge is 2.19. The average molecular weight is 446 g/mol. The molecule has 0 bridgehead atoms. The smallest absolute Gasteiger partial charge is 0.204 e. The van der Waals surface area contributed by atoms with Gasteiger partial charge in [0.15, 0.2) is 5.82 Å². The van der Waals surface area contributed by atoms with Gasteiger partial charge in [-0.1, -0.05) is 53.7 Å². The molecule has 0 radical (unpaired) electrons. The van der Waals surface area contributed by atoms with Crippen LogP contribution in [0.15, 0.2) is 82.8 Å². The van der Waals surface area contributed by atoms with Gasteiger partial charge in [-0.15, -0.1) is 10.2 Å². The zero-order valence-corrected chi connectivity index (χ0v) is 18.0. The highest BCUT2D eigenvalue weighted by Crippen LogP contribution is 2.38. The molecule has 9 heteroatoms. The summed E-state index contributed by atoms with van der Waals surface area (Å²) in [7, 11) is 2.01. The highest BCUT2D eigenvalue weighted by molar-refractivity contribution is 7.99. The minimum atomic E-state index is 0.553. The van der Waals surface area contributed by atoms with Crippen molar-refractivity contribution in [2.24, 2.45) is 7.05 Å². The second-order valence-corrected chi connectivity index (χ2v) is 8.23. The van der Waals surface area contributed by atoms with Crippen molar-refractivity contribution in [1.82, 2.24) is 35.2 Å². The second-order valence-electron chi connectivity index (χ2n) is 6.73. The standard InChI is InChI=1S/C22H16ClN7S/c1-30-21(18-4-2-3-13-24-18)25-19(22(30)31-17-11-9-16(23)10-12-17)14-5-7-15(8-6-14)20-26-28-29-27-20/h2-13H,1H3,(H,26,27,28,29). The quantitative estimate of drug-likeness (QED) is 0.403. The first-order valence-electron chi connectivity index (χ1n) is 9.45. The first kappa shape index (κ1) is 19.5. The fourth-order valence-corrected chi connectivity index (χ4v) is 4.29. The van der Waals surface area contributed by atoms with Crippen molar-refractivity contribution in [3.8, 4) is 34.2 Å². The second kappa shape index (κ2) is 8.33. The Morgan fingerprint density at radius 2 is 1.71 bits per heavy atom. The third-order valence-electron chi connectivity index (χ3n) is 4.73. The van der Waals surface area contributed by atoms with E-state index in [0.29, 0.717) is 10.8 Å². The van der Waals surface area contributed by atoms with Crippen LogP contribution in [0.2, 0.25) is 5.02 Å². The number of H-pyrrole nitrogens is 1. The Morgan fingerprint density at radius 3 is 2.39 bits per heavy atom. The van der Waals surface area contributed by atoms with Gasteiger partial charge < -0.3 is 4.57 Å². The van der Waals surface area contributed by atoms with Crippen LogP contribution in [0.25, 0.3) is 34.2 Å². The molecule has 2 aromatic carbocycles. The van der Waals surface area contributed by atoms with E-state index in [1.54, 1.807) is 18.0 Å². The number of nitrogens with one attached hydrogen (secondary N) is 1. The minimum absolute atomic E-state index is 0.553. The molecular weight excluding hydrogens is 430 g/mol. The van der Waals surface area contributed by atoms with Gasteiger partial charge in [-0.3, -0.25) is 4.98 Å². The number of benzene rings is 2. The summed E-state index contributed by atoms with van der Waals surface area (Å²) in [5, 5.41) is 15.9. The number of imidazole rings is 1. The topological polar surface area (TPSA) is 85.2 Å². The molecule has 0 aliphatic rings. The van der Waals surface area contributed by atoms with E-state index in [9.17, 15) is 0 Å². The lowest BCUT2D eigenvalue weighted by Crippen LogP contribution is -1.95. The van der Waals surface area contributed by atoms with Crippen LogP contribution in [0.4, 0.5) is 0 Å². The van der Waals surface area contributed by atoms with Gasteiger partial charge in [0.05, 0.1) is 0 Å². The summed E-state index contributed by atoms with van der Waals surface area (Å²) >= 11 is 7.70. The van der Waals surface area contributed by atoms with E-state index in [0.717, 1.165) is 38.3 Å². The highest BCUT2D eigenvalue weighted by atomic mass is 35.5. The molecule has 1 N–H and O–H groups in total. The first-order valence-corrected chi connectivity index (χ1v) is 10.6. The van der Waals surface area contributed by atoms with Crippen molar-refractivity contribution < 1.29 is 0 Å². The van der Waals surface area contributed by atoms with Crippen molar-refractivity contribution in [3.05, 3.63) is 77.9 Å². The van der Waals surface area contributed by atoms with Crippen LogP contribution < -0.4 is 0 Å². The van der Waals surface area contributed by atoms with Gasteiger partial charge >= 0.3 is 0 Å². The molecule has 0 aliphatic carbocycles. The maximum absolute atomic E-state index is 6.06. The molecule has 31 heavy (non-hydrogen) atoms. The van der Waals surface area contributed by atoms with Crippen molar-refractivity contribution in [1.29, 1.82) is 0 Å². The van der Waals surface area contributed by atoms with Gasteiger partial charge in [-0.05, 0) is 41.6 Å². The summed E-state index contributed by atoms with van der Waals surface area (Å²) < 4.78 is 2.07. The van der Waals surface area contributed by atoms with Crippen LogP contribution in [0.5, 0.6) is 0 Å². The van der Waals surface area contributed by atoms with Gasteiger partial charge in [0.2, 0.25) is 5.82 Å². The van der Waals surface area contributed by atoms with Crippen LogP contribution >= 0.6 is 23.4 Å². The number of hydrogen-bond acceptors (Lipinski definition) is 6. The number of halogens is 1. The van der Waals surface area contributed by atoms with E-state index in [1.165, 1.54) is 0 Å². The van der Waals surface area contributed by atoms with Gasteiger partial charge in [-0.25, -0.2) is 4.98 Å². The molecule has 7 nitrogen and oxygen atoms in total. The summed E-state index contributed by atoms with van der Waals surface area (Å²) in [6.07, 6.45) is 1.77. The average Bonchev–Trinajstić information content (AvgIpc) is 3.45. The molecule has 3 aromatic heterocycles. The predicted octanol–water partition coefficient (Wildman–Crippen LogP) is 5.13. The maximum Gasteiger partial charge on any atom is 0.204 e. The zero-order chi connectivity index (χ0) is 21.2. The largest absolute Gasteiger partial charge is 0.320 e. The van der Waals surface area contributed by atoms with Crippen LogP contribution in [0, 0.1) is 0 Å².